The number of ether oxygens (including phenoxy) is 1. The number of hydrogen-bond acceptors (Lipinski definition) is 8. The topological polar surface area (TPSA) is 99.9 Å². The Morgan fingerprint density at radius 2 is 2.20 bits per heavy atom. The van der Waals surface area contributed by atoms with Gasteiger partial charge in [0.25, 0.3) is 0 Å². The van der Waals surface area contributed by atoms with Crippen LogP contribution in [0.5, 0.6) is 0 Å². The molecule has 2 rings (SSSR count). The van der Waals surface area contributed by atoms with Crippen molar-refractivity contribution in [2.24, 2.45) is 0 Å². The minimum atomic E-state index is -0.441. The molecule has 0 bridgehead atoms. The zero-order chi connectivity index (χ0) is 14.5. The number of nitrogens with zero attached hydrogens (tertiary/aromatic N) is 5. The van der Waals surface area contributed by atoms with E-state index in [-0.39, 0.29) is 12.3 Å². The van der Waals surface area contributed by atoms with Gasteiger partial charge >= 0.3 is 5.97 Å². The SMILES string of the molecule is COC(=O)Cn1nnnc1Sc1ccc(C(C)=O)nc1. The number of carbonyl (C=O) groups excluding carboxylic acids is 2. The Balaban J connectivity index is 2.12. The van der Waals surface area contributed by atoms with Crippen molar-refractivity contribution in [3.05, 3.63) is 24.0 Å². The molecule has 0 fully saturated rings. The number of tetrazole rings is 1. The Labute approximate surface area is 118 Å². The molecule has 0 saturated carbocycles. The molecule has 0 aliphatic rings. The second-order valence-electron chi connectivity index (χ2n) is 3.73. The normalized spacial score (nSPS) is 10.3. The van der Waals surface area contributed by atoms with E-state index in [0.29, 0.717) is 10.9 Å². The van der Waals surface area contributed by atoms with Crippen molar-refractivity contribution < 1.29 is 14.3 Å². The van der Waals surface area contributed by atoms with Crippen LogP contribution in [0.25, 0.3) is 0 Å². The van der Waals surface area contributed by atoms with Crippen LogP contribution in [0, 0.1) is 0 Å². The van der Waals surface area contributed by atoms with E-state index in [2.05, 4.69) is 25.2 Å². The van der Waals surface area contributed by atoms with Crippen LogP contribution in [-0.4, -0.2) is 44.1 Å². The molecule has 0 amide bonds. The maximum Gasteiger partial charge on any atom is 0.327 e. The molecule has 0 atom stereocenters. The molecule has 20 heavy (non-hydrogen) atoms. The minimum Gasteiger partial charge on any atom is -0.468 e. The molecule has 0 saturated heterocycles. The quantitative estimate of drug-likeness (QED) is 0.583. The van der Waals surface area contributed by atoms with Gasteiger partial charge in [-0.2, -0.15) is 0 Å². The average molecular weight is 293 g/mol. The highest BCUT2D eigenvalue weighted by Gasteiger charge is 2.12. The highest BCUT2D eigenvalue weighted by atomic mass is 32.2. The first-order valence-corrected chi connectivity index (χ1v) is 6.39. The number of aromatic nitrogens is 5. The Hall–Kier alpha value is -2.29. The van der Waals surface area contributed by atoms with Gasteiger partial charge in [-0.1, -0.05) is 0 Å². The van der Waals surface area contributed by atoms with Gasteiger partial charge in [0.05, 0.1) is 7.11 Å². The molecule has 0 spiro atoms. The summed E-state index contributed by atoms with van der Waals surface area (Å²) in [5.41, 5.74) is 0.392. The lowest BCUT2D eigenvalue weighted by molar-refractivity contribution is -0.141. The van der Waals surface area contributed by atoms with E-state index < -0.39 is 5.97 Å². The van der Waals surface area contributed by atoms with E-state index in [1.165, 1.54) is 30.5 Å². The van der Waals surface area contributed by atoms with Crippen molar-refractivity contribution >= 4 is 23.5 Å². The number of rotatable bonds is 5. The van der Waals surface area contributed by atoms with E-state index in [0.717, 1.165) is 4.90 Å². The number of ketones is 1. The van der Waals surface area contributed by atoms with Crippen molar-refractivity contribution in [1.29, 1.82) is 0 Å². The van der Waals surface area contributed by atoms with Crippen molar-refractivity contribution in [3.8, 4) is 0 Å². The highest BCUT2D eigenvalue weighted by Crippen LogP contribution is 2.24. The number of esters is 1. The molecule has 0 unspecified atom stereocenters. The van der Waals surface area contributed by atoms with Gasteiger partial charge in [-0.15, -0.1) is 5.10 Å². The predicted molar refractivity (Wildman–Crippen MR) is 68.2 cm³/mol. The zero-order valence-corrected chi connectivity index (χ0v) is 11.6. The molecule has 2 aromatic heterocycles. The van der Waals surface area contributed by atoms with Gasteiger partial charge in [-0.25, -0.2) is 4.68 Å². The summed E-state index contributed by atoms with van der Waals surface area (Å²) in [5, 5.41) is 11.5. The number of pyridine rings is 1. The van der Waals surface area contributed by atoms with Gasteiger partial charge in [-0.3, -0.25) is 14.6 Å². The molecule has 0 aliphatic heterocycles. The molecule has 2 heterocycles. The van der Waals surface area contributed by atoms with Gasteiger partial charge in [0, 0.05) is 18.0 Å². The third-order valence-electron chi connectivity index (χ3n) is 2.31. The van der Waals surface area contributed by atoms with E-state index in [4.69, 9.17) is 0 Å². The van der Waals surface area contributed by atoms with Gasteiger partial charge < -0.3 is 4.74 Å². The summed E-state index contributed by atoms with van der Waals surface area (Å²) in [4.78, 5) is 27.1. The number of Topliss-reactive ketones (excluding diaryl/α,β-unsaturated/α-hetero) is 1. The number of carbonyl (C=O) groups is 2. The summed E-state index contributed by atoms with van der Waals surface area (Å²) >= 11 is 1.24. The van der Waals surface area contributed by atoms with Crippen molar-refractivity contribution in [1.82, 2.24) is 25.2 Å². The minimum absolute atomic E-state index is 0.0647. The molecule has 9 heteroatoms. The largest absolute Gasteiger partial charge is 0.468 e. The van der Waals surface area contributed by atoms with Crippen molar-refractivity contribution in [2.45, 2.75) is 23.5 Å². The first-order valence-electron chi connectivity index (χ1n) is 5.58. The van der Waals surface area contributed by atoms with Gasteiger partial charge in [-0.05, 0) is 34.3 Å². The Morgan fingerprint density at radius 3 is 2.80 bits per heavy atom. The maximum absolute atomic E-state index is 11.2. The monoisotopic (exact) mass is 293 g/mol. The molecule has 8 nitrogen and oxygen atoms in total. The molecule has 0 aromatic carbocycles. The van der Waals surface area contributed by atoms with Gasteiger partial charge in [0.15, 0.2) is 5.78 Å². The fraction of sp³-hybridized carbons (Fsp3) is 0.273. The summed E-state index contributed by atoms with van der Waals surface area (Å²) in [5.74, 6) is -0.540. The smallest absolute Gasteiger partial charge is 0.327 e. The summed E-state index contributed by atoms with van der Waals surface area (Å²) < 4.78 is 5.89. The van der Waals surface area contributed by atoms with E-state index in [9.17, 15) is 9.59 Å². The fourth-order valence-corrected chi connectivity index (χ4v) is 2.05. The zero-order valence-electron chi connectivity index (χ0n) is 10.8. The number of hydrogen-bond donors (Lipinski definition) is 0. The van der Waals surface area contributed by atoms with Crippen LogP contribution in [-0.2, 0) is 16.1 Å². The molecule has 0 N–H and O–H groups in total. The molecule has 0 radical (unpaired) electrons. The molecule has 104 valence electrons. The Bertz CT molecular complexity index is 625. The second kappa shape index (κ2) is 6.24. The molecular formula is C11H11N5O3S. The van der Waals surface area contributed by atoms with Crippen LogP contribution >= 0.6 is 11.8 Å². The van der Waals surface area contributed by atoms with Gasteiger partial charge in [0.1, 0.15) is 12.2 Å². The predicted octanol–water partition coefficient (Wildman–Crippen LogP) is 0.595. The Morgan fingerprint density at radius 1 is 1.40 bits per heavy atom. The summed E-state index contributed by atoms with van der Waals surface area (Å²) in [6.07, 6.45) is 1.55. The summed E-state index contributed by atoms with van der Waals surface area (Å²) in [6.45, 7) is 1.39. The fourth-order valence-electron chi connectivity index (χ4n) is 1.31. The third-order valence-corrected chi connectivity index (χ3v) is 3.26. The van der Waals surface area contributed by atoms with Crippen LogP contribution in [0.15, 0.2) is 28.4 Å². The standard InChI is InChI=1S/C11H11N5O3S/c1-7(17)9-4-3-8(5-12-9)20-11-13-14-15-16(11)6-10(18)19-2/h3-5H,6H2,1-2H3. The van der Waals surface area contributed by atoms with E-state index in [1.54, 1.807) is 18.3 Å². The lowest BCUT2D eigenvalue weighted by atomic mass is 10.3. The van der Waals surface area contributed by atoms with E-state index >= 15 is 0 Å². The first-order chi connectivity index (χ1) is 9.60. The van der Waals surface area contributed by atoms with E-state index in [1.807, 2.05) is 0 Å². The van der Waals surface area contributed by atoms with Crippen LogP contribution in [0.2, 0.25) is 0 Å². The maximum atomic E-state index is 11.2. The highest BCUT2D eigenvalue weighted by molar-refractivity contribution is 7.99. The molecule has 2 aromatic rings. The summed E-state index contributed by atoms with van der Waals surface area (Å²) in [7, 11) is 1.30. The van der Waals surface area contributed by atoms with Crippen LogP contribution in [0.3, 0.4) is 0 Å². The van der Waals surface area contributed by atoms with Crippen molar-refractivity contribution in [2.75, 3.05) is 7.11 Å². The molecule has 0 aliphatic carbocycles. The second-order valence-corrected chi connectivity index (χ2v) is 4.77. The lowest BCUT2D eigenvalue weighted by Gasteiger charge is -2.03. The van der Waals surface area contributed by atoms with Crippen LogP contribution in [0.4, 0.5) is 0 Å². The first kappa shape index (κ1) is 14.1. The third kappa shape index (κ3) is 3.38. The lowest BCUT2D eigenvalue weighted by Crippen LogP contribution is -2.13. The Kier molecular flexibility index (Phi) is 4.41. The summed E-state index contributed by atoms with van der Waals surface area (Å²) in [6, 6.07) is 3.37. The number of methoxy groups -OCH3 is 1. The van der Waals surface area contributed by atoms with Crippen molar-refractivity contribution in [3.63, 3.8) is 0 Å². The van der Waals surface area contributed by atoms with Gasteiger partial charge in [0.2, 0.25) is 5.16 Å². The van der Waals surface area contributed by atoms with Crippen LogP contribution < -0.4 is 0 Å². The van der Waals surface area contributed by atoms with Crippen LogP contribution in [0.1, 0.15) is 17.4 Å². The molecular weight excluding hydrogens is 282 g/mol. The average Bonchev–Trinajstić information content (AvgIpc) is 2.86.